The van der Waals surface area contributed by atoms with Gasteiger partial charge in [-0.2, -0.15) is 0 Å². The summed E-state index contributed by atoms with van der Waals surface area (Å²) < 4.78 is 1.09. The lowest BCUT2D eigenvalue weighted by molar-refractivity contribution is 0.102. The fourth-order valence-electron chi connectivity index (χ4n) is 2.70. The van der Waals surface area contributed by atoms with Crippen LogP contribution in [-0.2, 0) is 0 Å². The Labute approximate surface area is 176 Å². The molecule has 0 saturated heterocycles. The number of hydrogen-bond donors (Lipinski definition) is 5. The Morgan fingerprint density at radius 1 is 1.14 bits per heavy atom. The Balaban J connectivity index is 1.95. The Morgan fingerprint density at radius 2 is 1.83 bits per heavy atom. The number of nitrogens with one attached hydrogen (secondary N) is 4. The molecule has 0 spiro atoms. The molecule has 3 rings (SSSR count). The van der Waals surface area contributed by atoms with Crippen LogP contribution >= 0.6 is 23.2 Å². The summed E-state index contributed by atoms with van der Waals surface area (Å²) >= 11 is 12.2. The first-order chi connectivity index (χ1) is 13.8. The Kier molecular flexibility index (Phi) is 5.81. The quantitative estimate of drug-likeness (QED) is 0.240. The molecule has 2 aromatic carbocycles. The number of nitrogen functional groups attached to an aromatic ring is 1. The molecule has 0 saturated carbocycles. The van der Waals surface area contributed by atoms with Crippen molar-refractivity contribution < 1.29 is 4.79 Å². The molecule has 6 N–H and O–H groups in total. The number of carbonyl (C=O) groups is 1. The van der Waals surface area contributed by atoms with Gasteiger partial charge in [-0.3, -0.25) is 25.6 Å². The van der Waals surface area contributed by atoms with Gasteiger partial charge >= 0.3 is 0 Å². The average molecular weight is 427 g/mol. The number of nitrogens with two attached hydrogens (primary N) is 1. The summed E-state index contributed by atoms with van der Waals surface area (Å²) in [5, 5.41) is 26.1. The van der Waals surface area contributed by atoms with Gasteiger partial charge in [0.05, 0.1) is 27.7 Å². The standard InChI is InChI=1S/C20H16Cl2N6O/c21-14-9-28(10-23)19(26)17(22)16(14)20(29)27-12-6-7-15(24)13(8-12)18(25)11-4-2-1-3-5-11/h1-10,23,25-26H,24H2,(H,27,29). The van der Waals surface area contributed by atoms with Crippen molar-refractivity contribution in [2.45, 2.75) is 0 Å². The van der Waals surface area contributed by atoms with Crippen LogP contribution in [0.4, 0.5) is 11.4 Å². The largest absolute Gasteiger partial charge is 0.398 e. The van der Waals surface area contributed by atoms with Crippen molar-refractivity contribution in [3.63, 3.8) is 0 Å². The maximum Gasteiger partial charge on any atom is 0.258 e. The summed E-state index contributed by atoms with van der Waals surface area (Å²) in [4.78, 5) is 12.7. The van der Waals surface area contributed by atoms with Crippen molar-refractivity contribution >= 4 is 52.5 Å². The molecule has 9 heteroatoms. The van der Waals surface area contributed by atoms with Crippen LogP contribution in [0.15, 0.2) is 54.7 Å². The van der Waals surface area contributed by atoms with Gasteiger partial charge in [-0.1, -0.05) is 53.5 Å². The molecule has 0 unspecified atom stereocenters. The first-order valence-electron chi connectivity index (χ1n) is 8.34. The summed E-state index contributed by atoms with van der Waals surface area (Å²) in [5.74, 6) is -0.618. The highest BCUT2D eigenvalue weighted by Crippen LogP contribution is 2.25. The molecule has 0 aliphatic carbocycles. The first-order valence-corrected chi connectivity index (χ1v) is 9.09. The number of hydrogen-bond acceptors (Lipinski definition) is 5. The number of benzene rings is 2. The van der Waals surface area contributed by atoms with Crippen LogP contribution in [0.25, 0.3) is 0 Å². The van der Waals surface area contributed by atoms with E-state index in [1.54, 1.807) is 30.3 Å². The van der Waals surface area contributed by atoms with Crippen molar-refractivity contribution in [2.75, 3.05) is 11.1 Å². The first kappa shape index (κ1) is 20.3. The van der Waals surface area contributed by atoms with Crippen LogP contribution in [-0.4, -0.2) is 22.5 Å². The zero-order valence-corrected chi connectivity index (χ0v) is 16.5. The van der Waals surface area contributed by atoms with E-state index in [0.29, 0.717) is 22.5 Å². The molecular weight excluding hydrogens is 411 g/mol. The van der Waals surface area contributed by atoms with Gasteiger partial charge in [-0.15, -0.1) is 0 Å². The molecule has 0 bridgehead atoms. The molecular formula is C20H16Cl2N6O. The van der Waals surface area contributed by atoms with E-state index in [1.807, 2.05) is 18.2 Å². The van der Waals surface area contributed by atoms with E-state index in [1.165, 1.54) is 6.20 Å². The molecule has 0 atom stereocenters. The van der Waals surface area contributed by atoms with Gasteiger partial charge in [0, 0.05) is 28.7 Å². The Bertz CT molecular complexity index is 1190. The minimum atomic E-state index is -0.618. The lowest BCUT2D eigenvalue weighted by atomic mass is 10.0. The maximum absolute atomic E-state index is 12.7. The highest BCUT2D eigenvalue weighted by Gasteiger charge is 2.19. The van der Waals surface area contributed by atoms with Crippen LogP contribution in [0.3, 0.4) is 0 Å². The van der Waals surface area contributed by atoms with E-state index in [9.17, 15) is 4.79 Å². The minimum absolute atomic E-state index is 0.000280. The summed E-state index contributed by atoms with van der Waals surface area (Å²) in [6.45, 7) is 0. The molecule has 29 heavy (non-hydrogen) atoms. The smallest absolute Gasteiger partial charge is 0.258 e. The molecule has 0 fully saturated rings. The van der Waals surface area contributed by atoms with Gasteiger partial charge in [0.1, 0.15) is 5.49 Å². The second-order valence-corrected chi connectivity index (χ2v) is 6.83. The second-order valence-electron chi connectivity index (χ2n) is 6.05. The molecule has 0 aliphatic rings. The molecule has 0 aliphatic heterocycles. The van der Waals surface area contributed by atoms with Crippen molar-refractivity contribution in [2.24, 2.45) is 0 Å². The predicted molar refractivity (Wildman–Crippen MR) is 116 cm³/mol. The highest BCUT2D eigenvalue weighted by molar-refractivity contribution is 6.40. The Morgan fingerprint density at radius 3 is 2.48 bits per heavy atom. The number of amides is 1. The fourth-order valence-corrected chi connectivity index (χ4v) is 3.32. The lowest BCUT2D eigenvalue weighted by Gasteiger charge is -2.13. The topological polar surface area (TPSA) is 132 Å². The van der Waals surface area contributed by atoms with Gasteiger partial charge in [0.15, 0.2) is 0 Å². The van der Waals surface area contributed by atoms with Crippen LogP contribution in [0, 0.1) is 16.2 Å². The number of rotatable bonds is 5. The summed E-state index contributed by atoms with van der Waals surface area (Å²) in [7, 11) is 0. The number of pyridine rings is 1. The van der Waals surface area contributed by atoms with Gasteiger partial charge in [-0.25, -0.2) is 0 Å². The fraction of sp³-hybridized carbons (Fsp3) is 0. The Hall–Kier alpha value is -3.42. The third-order valence-electron chi connectivity index (χ3n) is 4.19. The van der Waals surface area contributed by atoms with Crippen LogP contribution in [0.1, 0.15) is 21.5 Å². The highest BCUT2D eigenvalue weighted by atomic mass is 35.5. The van der Waals surface area contributed by atoms with Crippen LogP contribution in [0.2, 0.25) is 10.0 Å². The third kappa shape index (κ3) is 4.06. The molecule has 1 heterocycles. The summed E-state index contributed by atoms with van der Waals surface area (Å²) in [6, 6.07) is 13.9. The number of halogens is 2. The SMILES string of the molecule is N=Cn1cc(Cl)c(C(=O)Nc2ccc(N)c(C(=N)c3ccccc3)c2)c(Cl)c1=N. The van der Waals surface area contributed by atoms with E-state index < -0.39 is 5.91 Å². The van der Waals surface area contributed by atoms with Crippen molar-refractivity contribution in [3.05, 3.63) is 87.0 Å². The molecule has 1 aromatic heterocycles. The maximum atomic E-state index is 12.7. The van der Waals surface area contributed by atoms with Crippen LogP contribution in [0.5, 0.6) is 0 Å². The van der Waals surface area contributed by atoms with E-state index in [2.05, 4.69) is 5.32 Å². The monoisotopic (exact) mass is 426 g/mol. The van der Waals surface area contributed by atoms with Crippen molar-refractivity contribution in [1.82, 2.24) is 4.57 Å². The predicted octanol–water partition coefficient (Wildman–Crippen LogP) is 3.98. The number of nitrogens with zero attached hydrogens (tertiary/aromatic N) is 1. The van der Waals surface area contributed by atoms with Crippen molar-refractivity contribution in [3.8, 4) is 0 Å². The van der Waals surface area contributed by atoms with E-state index in [-0.39, 0.29) is 26.8 Å². The summed E-state index contributed by atoms with van der Waals surface area (Å²) in [6.07, 6.45) is 2.13. The van der Waals surface area contributed by atoms with Gasteiger partial charge in [-0.05, 0) is 18.2 Å². The van der Waals surface area contributed by atoms with E-state index >= 15 is 0 Å². The number of carbonyl (C=O) groups excluding carboxylic acids is 1. The molecule has 7 nitrogen and oxygen atoms in total. The zero-order valence-electron chi connectivity index (χ0n) is 15.0. The average Bonchev–Trinajstić information content (AvgIpc) is 2.72. The molecule has 3 aromatic rings. The summed E-state index contributed by atoms with van der Waals surface area (Å²) in [5.41, 5.74) is 7.87. The second kappa shape index (κ2) is 8.30. The lowest BCUT2D eigenvalue weighted by Crippen LogP contribution is -2.25. The van der Waals surface area contributed by atoms with Crippen molar-refractivity contribution in [1.29, 1.82) is 16.2 Å². The minimum Gasteiger partial charge on any atom is -0.398 e. The van der Waals surface area contributed by atoms with Gasteiger partial charge in [0.2, 0.25) is 0 Å². The zero-order chi connectivity index (χ0) is 21.1. The van der Waals surface area contributed by atoms with E-state index in [4.69, 9.17) is 45.2 Å². The van der Waals surface area contributed by atoms with Gasteiger partial charge < -0.3 is 11.1 Å². The van der Waals surface area contributed by atoms with Gasteiger partial charge in [0.25, 0.3) is 5.91 Å². The molecule has 146 valence electrons. The number of aromatic nitrogens is 1. The third-order valence-corrected chi connectivity index (χ3v) is 4.84. The molecule has 0 radical (unpaired) electrons. The normalized spacial score (nSPS) is 10.4. The van der Waals surface area contributed by atoms with Crippen LogP contribution < -0.4 is 16.5 Å². The van der Waals surface area contributed by atoms with E-state index in [0.717, 1.165) is 10.9 Å². The molecule has 1 amide bonds. The number of anilines is 2.